The van der Waals surface area contributed by atoms with E-state index in [-0.39, 0.29) is 16.9 Å². The van der Waals surface area contributed by atoms with Crippen LogP contribution in [0.15, 0.2) is 36.5 Å². The van der Waals surface area contributed by atoms with E-state index in [1.807, 2.05) is 30.3 Å². The van der Waals surface area contributed by atoms with Gasteiger partial charge in [-0.3, -0.25) is 0 Å². The lowest BCUT2D eigenvalue weighted by molar-refractivity contribution is 0.353. The van der Waals surface area contributed by atoms with Gasteiger partial charge in [0.2, 0.25) is 5.95 Å². The lowest BCUT2D eigenvalue weighted by Crippen LogP contribution is -2.35. The highest BCUT2D eigenvalue weighted by molar-refractivity contribution is 7.91. The summed E-state index contributed by atoms with van der Waals surface area (Å²) >= 11 is 0. The van der Waals surface area contributed by atoms with Crippen molar-refractivity contribution in [3.05, 3.63) is 47.8 Å². The molecule has 2 aliphatic heterocycles. The van der Waals surface area contributed by atoms with Crippen LogP contribution in [0.2, 0.25) is 0 Å². The normalized spacial score (nSPS) is 25.0. The summed E-state index contributed by atoms with van der Waals surface area (Å²) in [5.74, 6) is 0.512. The largest absolute Gasteiger partial charge is 0.324 e. The molecule has 24 heavy (non-hydrogen) atoms. The Balaban J connectivity index is 1.70. The summed E-state index contributed by atoms with van der Waals surface area (Å²) in [4.78, 5) is 11.2. The lowest BCUT2D eigenvalue weighted by Gasteiger charge is -2.26. The number of nitrogens with zero attached hydrogens (tertiary/aromatic N) is 3. The predicted octanol–water partition coefficient (Wildman–Crippen LogP) is 1.94. The maximum Gasteiger partial charge on any atom is 0.227 e. The maximum atomic E-state index is 12.6. The van der Waals surface area contributed by atoms with Gasteiger partial charge in [0.25, 0.3) is 0 Å². The second-order valence-electron chi connectivity index (χ2n) is 6.40. The van der Waals surface area contributed by atoms with Gasteiger partial charge in [-0.1, -0.05) is 25.1 Å². The minimum atomic E-state index is -3.13. The summed E-state index contributed by atoms with van der Waals surface area (Å²) in [5, 5.41) is 2.85. The van der Waals surface area contributed by atoms with Gasteiger partial charge in [-0.15, -0.1) is 0 Å². The molecule has 0 spiro atoms. The van der Waals surface area contributed by atoms with E-state index in [2.05, 4.69) is 27.1 Å². The van der Waals surface area contributed by atoms with Crippen molar-refractivity contribution in [3.8, 4) is 0 Å². The highest BCUT2D eigenvalue weighted by Crippen LogP contribution is 2.39. The first-order chi connectivity index (χ1) is 11.6. The molecule has 2 aliphatic rings. The van der Waals surface area contributed by atoms with E-state index in [4.69, 9.17) is 0 Å². The van der Waals surface area contributed by atoms with Crippen molar-refractivity contribution in [2.24, 2.45) is 0 Å². The van der Waals surface area contributed by atoms with Gasteiger partial charge in [-0.25, -0.2) is 18.4 Å². The number of para-hydroxylation sites is 1. The summed E-state index contributed by atoms with van der Waals surface area (Å²) in [5.41, 5.74) is 2.55. The van der Waals surface area contributed by atoms with Crippen molar-refractivity contribution < 1.29 is 8.42 Å². The Bertz CT molecular complexity index is 854. The smallest absolute Gasteiger partial charge is 0.227 e. The van der Waals surface area contributed by atoms with Crippen molar-refractivity contribution in [2.45, 2.75) is 23.8 Å². The molecule has 1 aromatic heterocycles. The fourth-order valence-corrected chi connectivity index (χ4v) is 5.65. The number of rotatable bonds is 3. The molecule has 3 heterocycles. The zero-order valence-electron chi connectivity index (χ0n) is 13.5. The molecular weight excluding hydrogens is 324 g/mol. The van der Waals surface area contributed by atoms with Gasteiger partial charge >= 0.3 is 0 Å². The molecule has 6 nitrogen and oxygen atoms in total. The number of fused-ring (bicyclic) bond motifs is 3. The molecule has 1 fully saturated rings. The average Bonchev–Trinajstić information content (AvgIpc) is 3.02. The zero-order valence-corrected chi connectivity index (χ0v) is 14.3. The van der Waals surface area contributed by atoms with Gasteiger partial charge in [0, 0.05) is 36.5 Å². The van der Waals surface area contributed by atoms with Crippen LogP contribution < -0.4 is 5.32 Å². The summed E-state index contributed by atoms with van der Waals surface area (Å²) in [7, 11) is -3.13. The second kappa shape index (κ2) is 5.82. The van der Waals surface area contributed by atoms with Crippen LogP contribution in [-0.2, 0) is 15.6 Å². The molecule has 0 radical (unpaired) electrons. The van der Waals surface area contributed by atoms with Crippen LogP contribution in [0.5, 0.6) is 0 Å². The van der Waals surface area contributed by atoms with Gasteiger partial charge in [-0.05, 0) is 18.7 Å². The Morgan fingerprint density at radius 3 is 2.79 bits per heavy atom. The van der Waals surface area contributed by atoms with Crippen molar-refractivity contribution in [2.75, 3.05) is 25.0 Å². The summed E-state index contributed by atoms with van der Waals surface area (Å²) in [6, 6.07) is 9.74. The average molecular weight is 344 g/mol. The van der Waals surface area contributed by atoms with Crippen molar-refractivity contribution in [1.29, 1.82) is 0 Å². The van der Waals surface area contributed by atoms with Gasteiger partial charge in [-0.2, -0.15) is 0 Å². The van der Waals surface area contributed by atoms with Gasteiger partial charge in [0.1, 0.15) is 0 Å². The number of hydrogen-bond acceptors (Lipinski definition) is 6. The predicted molar refractivity (Wildman–Crippen MR) is 93.0 cm³/mol. The van der Waals surface area contributed by atoms with E-state index in [1.165, 1.54) is 0 Å². The first-order valence-electron chi connectivity index (χ1n) is 8.18. The highest BCUT2D eigenvalue weighted by atomic mass is 32.2. The molecule has 2 atom stereocenters. The summed E-state index contributed by atoms with van der Waals surface area (Å²) in [6.07, 6.45) is 1.66. The number of likely N-dealkylation sites (tertiary alicyclic amines) is 1. The van der Waals surface area contributed by atoms with E-state index in [0.29, 0.717) is 12.5 Å². The van der Waals surface area contributed by atoms with Crippen LogP contribution in [0.25, 0.3) is 0 Å². The molecule has 2 aromatic rings. The fourth-order valence-electron chi connectivity index (χ4n) is 3.62. The Morgan fingerprint density at radius 1 is 1.25 bits per heavy atom. The van der Waals surface area contributed by atoms with E-state index < -0.39 is 9.84 Å². The van der Waals surface area contributed by atoms with Crippen LogP contribution in [-0.4, -0.2) is 48.2 Å². The standard InChI is InChI=1S/C17H20N4O2S/c1-2-21-9-14-15(10-21)24(22,23)11-12-8-18-17(20-16(12)14)19-13-6-4-3-5-7-13/h3-8,14-15H,2,9-11H2,1H3,(H,18,19,20)/t14-,15-/m0/s1. The number of likely N-dealkylation sites (N-methyl/N-ethyl adjacent to an activating group) is 1. The van der Waals surface area contributed by atoms with Gasteiger partial charge in [0.15, 0.2) is 9.84 Å². The van der Waals surface area contributed by atoms with Crippen molar-refractivity contribution in [3.63, 3.8) is 0 Å². The van der Waals surface area contributed by atoms with Crippen molar-refractivity contribution in [1.82, 2.24) is 14.9 Å². The van der Waals surface area contributed by atoms with Crippen LogP contribution in [0, 0.1) is 0 Å². The molecule has 1 N–H and O–H groups in total. The summed E-state index contributed by atoms with van der Waals surface area (Å²) in [6.45, 7) is 4.27. The molecule has 126 valence electrons. The van der Waals surface area contributed by atoms with Gasteiger partial charge in [0.05, 0.1) is 16.7 Å². The van der Waals surface area contributed by atoms with Crippen LogP contribution >= 0.6 is 0 Å². The summed E-state index contributed by atoms with van der Waals surface area (Å²) < 4.78 is 25.1. The molecule has 0 unspecified atom stereocenters. The van der Waals surface area contributed by atoms with Gasteiger partial charge < -0.3 is 10.2 Å². The molecule has 1 aromatic carbocycles. The maximum absolute atomic E-state index is 12.6. The molecule has 0 bridgehead atoms. The zero-order chi connectivity index (χ0) is 16.7. The Morgan fingerprint density at radius 2 is 2.04 bits per heavy atom. The Labute approximate surface area is 141 Å². The van der Waals surface area contributed by atoms with Crippen LogP contribution in [0.4, 0.5) is 11.6 Å². The number of anilines is 2. The molecular formula is C17H20N4O2S. The van der Waals surface area contributed by atoms with E-state index in [1.54, 1.807) is 6.20 Å². The minimum absolute atomic E-state index is 0.0483. The highest BCUT2D eigenvalue weighted by Gasteiger charge is 2.46. The topological polar surface area (TPSA) is 75.2 Å². The van der Waals surface area contributed by atoms with Crippen LogP contribution in [0.3, 0.4) is 0 Å². The number of hydrogen-bond donors (Lipinski definition) is 1. The number of nitrogens with one attached hydrogen (secondary N) is 1. The number of aromatic nitrogens is 2. The van der Waals surface area contributed by atoms with Crippen LogP contribution in [0.1, 0.15) is 24.1 Å². The second-order valence-corrected chi connectivity index (χ2v) is 8.62. The first kappa shape index (κ1) is 15.5. The third-order valence-electron chi connectivity index (χ3n) is 4.89. The van der Waals surface area contributed by atoms with Crippen molar-refractivity contribution >= 4 is 21.5 Å². The molecule has 7 heteroatoms. The molecule has 4 rings (SSSR count). The number of benzene rings is 1. The molecule has 0 amide bonds. The quantitative estimate of drug-likeness (QED) is 0.917. The fraction of sp³-hybridized carbons (Fsp3) is 0.412. The SMILES string of the molecule is CCN1C[C@@H]2c3nc(Nc4ccccc4)ncc3CS(=O)(=O)[C@H]2C1. The molecule has 1 saturated heterocycles. The third kappa shape index (κ3) is 2.67. The third-order valence-corrected chi connectivity index (χ3v) is 7.00. The lowest BCUT2D eigenvalue weighted by atomic mass is 10.00. The molecule has 0 saturated carbocycles. The van der Waals surface area contributed by atoms with E-state index >= 15 is 0 Å². The Kier molecular flexibility index (Phi) is 3.77. The minimum Gasteiger partial charge on any atom is -0.324 e. The molecule has 0 aliphatic carbocycles. The number of sulfone groups is 1. The van der Waals surface area contributed by atoms with E-state index in [9.17, 15) is 8.42 Å². The monoisotopic (exact) mass is 344 g/mol. The first-order valence-corrected chi connectivity index (χ1v) is 9.90. The van der Waals surface area contributed by atoms with E-state index in [0.717, 1.165) is 30.0 Å². The Hall–Kier alpha value is -1.99.